The van der Waals surface area contributed by atoms with Crippen molar-refractivity contribution in [2.24, 2.45) is 20.5 Å². The Kier molecular flexibility index (Phi) is 16.3. The molecule has 0 aliphatic rings. The molecular weight excluding hydrogens is 898 g/mol. The molecule has 0 aromatic heterocycles. The molecule has 2 amide bonds. The van der Waals surface area contributed by atoms with Gasteiger partial charge in [0.1, 0.15) is 21.2 Å². The SMILES string of the molecule is Cc1ccccc1N=Nc1c(S(=O)(=O)O)cc2cc(NC(=O)Nc3ccc4c(O)c(N=Nc5ccc6cc(S(=O)(=O)O)ccc6c5)c(S(=O)(=O)O)cc4c3)ccc2c1O.[Na].[Na].[Na]. The fourth-order valence-corrected chi connectivity index (χ4v) is 7.89. The number of carbonyl (C=O) groups is 1. The standard InChI is InChI=1S/C38H28N6O12S3.3Na/c1-20-4-2-3-5-31(20)42-44-35-33(59(54,55)56)19-24-16-26(10-13-30(24)37(35)46)40-38(47)39-25-9-12-29-23(15-25)18-32(58(51,52)53)34(36(29)45)43-41-27-8-6-22-17-28(57(48,49)50)11-7-21(22)14-27;;;/h2-19,45-46H,1H3,(H2,39,40,47)(H,48,49,50)(H,51,52,53)(H,54,55,56);;;. The summed E-state index contributed by atoms with van der Waals surface area (Å²) in [6.45, 7) is 1.76. The molecule has 0 fully saturated rings. The number of azo groups is 2. The van der Waals surface area contributed by atoms with Gasteiger partial charge in [-0.15, -0.1) is 10.2 Å². The quantitative estimate of drug-likeness (QED) is 0.0412. The van der Waals surface area contributed by atoms with E-state index in [4.69, 9.17) is 0 Å². The largest absolute Gasteiger partial charge is 0.505 e. The summed E-state index contributed by atoms with van der Waals surface area (Å²) in [6, 6.07) is 24.5. The first kappa shape index (κ1) is 50.8. The van der Waals surface area contributed by atoms with Crippen LogP contribution in [0.3, 0.4) is 0 Å². The van der Waals surface area contributed by atoms with Crippen molar-refractivity contribution in [1.29, 1.82) is 0 Å². The maximum atomic E-state index is 13.1. The number of anilines is 2. The van der Waals surface area contributed by atoms with Crippen LogP contribution in [0, 0.1) is 6.92 Å². The molecule has 0 aliphatic carbocycles. The number of fused-ring (bicyclic) bond motifs is 3. The van der Waals surface area contributed by atoms with E-state index >= 15 is 0 Å². The zero-order valence-electron chi connectivity index (χ0n) is 33.0. The van der Waals surface area contributed by atoms with E-state index in [0.717, 1.165) is 17.7 Å². The number of hydrogen-bond donors (Lipinski definition) is 7. The Morgan fingerprint density at radius 1 is 0.516 bits per heavy atom. The molecule has 3 radical (unpaired) electrons. The van der Waals surface area contributed by atoms with Crippen molar-refractivity contribution in [2.45, 2.75) is 21.6 Å². The van der Waals surface area contributed by atoms with Crippen LogP contribution in [0.5, 0.6) is 11.5 Å². The smallest absolute Gasteiger partial charge is 0.323 e. The number of nitrogens with one attached hydrogen (secondary N) is 2. The molecule has 7 aromatic carbocycles. The number of benzene rings is 7. The Morgan fingerprint density at radius 2 is 1.00 bits per heavy atom. The zero-order chi connectivity index (χ0) is 42.4. The topological polar surface area (TPSA) is 294 Å². The zero-order valence-corrected chi connectivity index (χ0v) is 41.4. The number of nitrogens with zero attached hydrogens (tertiary/aromatic N) is 4. The molecule has 0 spiro atoms. The number of urea groups is 1. The van der Waals surface area contributed by atoms with Crippen LogP contribution in [-0.2, 0) is 30.4 Å². The minimum absolute atomic E-state index is 0. The molecule has 24 heteroatoms. The second-order valence-electron chi connectivity index (χ2n) is 12.9. The van der Waals surface area contributed by atoms with Gasteiger partial charge in [0.15, 0.2) is 11.5 Å². The minimum atomic E-state index is -5.01. The van der Waals surface area contributed by atoms with Crippen LogP contribution >= 0.6 is 0 Å². The van der Waals surface area contributed by atoms with Gasteiger partial charge in [-0.25, -0.2) is 4.79 Å². The number of aryl methyl sites for hydroxylation is 1. The van der Waals surface area contributed by atoms with Gasteiger partial charge in [0.05, 0.1) is 16.3 Å². The minimum Gasteiger partial charge on any atom is -0.505 e. The third-order valence-electron chi connectivity index (χ3n) is 8.91. The number of aromatic hydroxyl groups is 2. The number of hydrogen-bond acceptors (Lipinski definition) is 13. The van der Waals surface area contributed by atoms with Gasteiger partial charge < -0.3 is 20.8 Å². The van der Waals surface area contributed by atoms with Crippen LogP contribution < -0.4 is 10.6 Å². The molecule has 0 saturated heterocycles. The summed E-state index contributed by atoms with van der Waals surface area (Å²) in [6.07, 6.45) is 0. The van der Waals surface area contributed by atoms with E-state index in [0.29, 0.717) is 16.5 Å². The van der Waals surface area contributed by atoms with E-state index in [1.807, 2.05) is 0 Å². The number of rotatable bonds is 9. The van der Waals surface area contributed by atoms with E-state index in [-0.39, 0.29) is 132 Å². The molecule has 0 bridgehead atoms. The van der Waals surface area contributed by atoms with Crippen LogP contribution in [0.15, 0.2) is 144 Å². The van der Waals surface area contributed by atoms with Crippen molar-refractivity contribution in [2.75, 3.05) is 10.6 Å². The summed E-state index contributed by atoms with van der Waals surface area (Å²) < 4.78 is 102. The van der Waals surface area contributed by atoms with Crippen molar-refractivity contribution in [3.05, 3.63) is 115 Å². The molecule has 7 rings (SSSR count). The van der Waals surface area contributed by atoms with Crippen molar-refractivity contribution in [3.8, 4) is 11.5 Å². The molecule has 0 unspecified atom stereocenters. The van der Waals surface area contributed by atoms with E-state index in [1.165, 1.54) is 72.8 Å². The van der Waals surface area contributed by atoms with E-state index in [9.17, 15) is 53.9 Å². The predicted molar refractivity (Wildman–Crippen MR) is 234 cm³/mol. The summed E-state index contributed by atoms with van der Waals surface area (Å²) in [7, 11) is -14.4. The number of phenolic OH excluding ortho intramolecular Hbond substituents is 2. The second-order valence-corrected chi connectivity index (χ2v) is 17.1. The van der Waals surface area contributed by atoms with Crippen molar-refractivity contribution < 1.29 is 53.9 Å². The molecule has 0 saturated carbocycles. The van der Waals surface area contributed by atoms with Crippen molar-refractivity contribution in [3.63, 3.8) is 0 Å². The molecule has 0 heterocycles. The number of phenols is 2. The van der Waals surface area contributed by atoms with Crippen molar-refractivity contribution >= 4 is 191 Å². The van der Waals surface area contributed by atoms with Gasteiger partial charge in [-0.3, -0.25) is 13.7 Å². The van der Waals surface area contributed by atoms with Crippen LogP contribution in [0.2, 0.25) is 0 Å². The molecule has 0 atom stereocenters. The number of carbonyl (C=O) groups excluding carboxylic acids is 1. The normalized spacial score (nSPS) is 11.9. The molecule has 0 aliphatic heterocycles. The molecule has 7 N–H and O–H groups in total. The third-order valence-corrected chi connectivity index (χ3v) is 11.5. The molecule has 303 valence electrons. The fourth-order valence-electron chi connectivity index (χ4n) is 6.06. The van der Waals surface area contributed by atoms with Crippen LogP contribution in [0.4, 0.5) is 38.9 Å². The van der Waals surface area contributed by atoms with Crippen LogP contribution in [0.25, 0.3) is 32.3 Å². The first-order valence-electron chi connectivity index (χ1n) is 16.8. The summed E-state index contributed by atoms with van der Waals surface area (Å²) >= 11 is 0. The monoisotopic (exact) mass is 925 g/mol. The second kappa shape index (κ2) is 19.9. The van der Waals surface area contributed by atoms with E-state index in [2.05, 4.69) is 31.1 Å². The molecule has 18 nitrogen and oxygen atoms in total. The predicted octanol–water partition coefficient (Wildman–Crippen LogP) is 7.94. The van der Waals surface area contributed by atoms with Gasteiger partial charge in [-0.1, -0.05) is 30.3 Å². The third kappa shape index (κ3) is 11.2. The Balaban J connectivity index is 0.00000282. The molecule has 7 aromatic rings. The van der Waals surface area contributed by atoms with Gasteiger partial charge in [-0.2, -0.15) is 35.5 Å². The fraction of sp³-hybridized carbons (Fsp3) is 0.0263. The van der Waals surface area contributed by atoms with Crippen LogP contribution in [0.1, 0.15) is 5.56 Å². The van der Waals surface area contributed by atoms with E-state index < -0.39 is 69.1 Å². The molecule has 62 heavy (non-hydrogen) atoms. The average molecular weight is 926 g/mol. The number of amides is 2. The Morgan fingerprint density at radius 3 is 1.50 bits per heavy atom. The van der Waals surface area contributed by atoms with Gasteiger partial charge in [0, 0.05) is 111 Å². The Hall–Kier alpha value is -3.88. The summed E-state index contributed by atoms with van der Waals surface area (Å²) in [5, 5.41) is 44.3. The van der Waals surface area contributed by atoms with Gasteiger partial charge in [0.2, 0.25) is 0 Å². The maximum absolute atomic E-state index is 13.1. The molecular formula is C38H28N6Na3O12S3. The van der Waals surface area contributed by atoms with E-state index in [1.54, 1.807) is 31.2 Å². The first-order chi connectivity index (χ1) is 27.8. The Labute approximate surface area is 419 Å². The van der Waals surface area contributed by atoms with Crippen molar-refractivity contribution in [1.82, 2.24) is 0 Å². The Bertz CT molecular complexity index is 3340. The summed E-state index contributed by atoms with van der Waals surface area (Å²) in [5.41, 5.74) is 0.423. The van der Waals surface area contributed by atoms with Gasteiger partial charge >= 0.3 is 6.03 Å². The van der Waals surface area contributed by atoms with Gasteiger partial charge in [0.25, 0.3) is 30.4 Å². The van der Waals surface area contributed by atoms with Gasteiger partial charge in [-0.05, 0) is 113 Å². The summed E-state index contributed by atoms with van der Waals surface area (Å²) in [5.74, 6) is -1.26. The average Bonchev–Trinajstić information content (AvgIpc) is 3.16. The summed E-state index contributed by atoms with van der Waals surface area (Å²) in [4.78, 5) is 11.2. The maximum Gasteiger partial charge on any atom is 0.323 e. The first-order valence-corrected chi connectivity index (χ1v) is 21.1. The van der Waals surface area contributed by atoms with Crippen LogP contribution in [-0.4, -0.2) is 144 Å².